The lowest BCUT2D eigenvalue weighted by atomic mass is 10.2. The number of rotatable bonds is 6. The minimum Gasteiger partial charge on any atom is -0.490 e. The Labute approximate surface area is 121 Å². The Morgan fingerprint density at radius 1 is 1.10 bits per heavy atom. The van der Waals surface area contributed by atoms with Crippen LogP contribution in [0.5, 0.6) is 5.75 Å². The highest BCUT2D eigenvalue weighted by Crippen LogP contribution is 2.26. The summed E-state index contributed by atoms with van der Waals surface area (Å²) in [6.07, 6.45) is 8.25. The molecule has 1 aromatic rings. The second kappa shape index (κ2) is 7.09. The predicted octanol–water partition coefficient (Wildman–Crippen LogP) is 3.28. The molecule has 0 spiro atoms. The zero-order valence-electron chi connectivity index (χ0n) is 12.1. The zero-order valence-corrected chi connectivity index (χ0v) is 12.1. The van der Waals surface area contributed by atoms with Crippen LogP contribution in [-0.2, 0) is 11.3 Å². The first-order valence-corrected chi connectivity index (χ1v) is 7.99. The number of para-hydroxylation sites is 1. The van der Waals surface area contributed by atoms with Gasteiger partial charge in [-0.1, -0.05) is 18.2 Å². The second-order valence-corrected chi connectivity index (χ2v) is 5.90. The first kappa shape index (κ1) is 13.9. The van der Waals surface area contributed by atoms with Gasteiger partial charge in [-0.05, 0) is 44.6 Å². The number of nitrogens with one attached hydrogen (secondary N) is 1. The Morgan fingerprint density at radius 3 is 2.75 bits per heavy atom. The molecule has 0 amide bonds. The van der Waals surface area contributed by atoms with E-state index in [-0.39, 0.29) is 0 Å². The van der Waals surface area contributed by atoms with Crippen molar-refractivity contribution in [2.75, 3.05) is 13.2 Å². The first-order valence-electron chi connectivity index (χ1n) is 7.99. The maximum absolute atomic E-state index is 6.16. The molecule has 1 saturated heterocycles. The molecule has 2 fully saturated rings. The fourth-order valence-corrected chi connectivity index (χ4v) is 3.12. The number of hydrogen-bond donors (Lipinski definition) is 1. The third-order valence-corrected chi connectivity index (χ3v) is 4.28. The van der Waals surface area contributed by atoms with E-state index < -0.39 is 0 Å². The monoisotopic (exact) mass is 275 g/mol. The lowest BCUT2D eigenvalue weighted by Crippen LogP contribution is -2.26. The van der Waals surface area contributed by atoms with Crippen LogP contribution in [0.3, 0.4) is 0 Å². The molecule has 1 heterocycles. The molecule has 0 aromatic heterocycles. The molecule has 1 aliphatic heterocycles. The van der Waals surface area contributed by atoms with Gasteiger partial charge in [0.15, 0.2) is 0 Å². The van der Waals surface area contributed by atoms with Crippen LogP contribution in [0.25, 0.3) is 0 Å². The van der Waals surface area contributed by atoms with Crippen molar-refractivity contribution in [1.29, 1.82) is 0 Å². The van der Waals surface area contributed by atoms with Crippen LogP contribution in [0.1, 0.15) is 44.1 Å². The average molecular weight is 275 g/mol. The molecule has 1 N–H and O–H groups in total. The van der Waals surface area contributed by atoms with Gasteiger partial charge in [0.1, 0.15) is 5.75 Å². The molecule has 1 atom stereocenters. The Balaban J connectivity index is 1.51. The smallest absolute Gasteiger partial charge is 0.124 e. The number of benzene rings is 1. The van der Waals surface area contributed by atoms with Crippen molar-refractivity contribution in [2.24, 2.45) is 0 Å². The third-order valence-electron chi connectivity index (χ3n) is 4.28. The zero-order chi connectivity index (χ0) is 13.6. The van der Waals surface area contributed by atoms with E-state index in [9.17, 15) is 0 Å². The van der Waals surface area contributed by atoms with Crippen molar-refractivity contribution in [3.63, 3.8) is 0 Å². The molecule has 1 aliphatic carbocycles. The maximum atomic E-state index is 6.16. The third kappa shape index (κ3) is 3.74. The van der Waals surface area contributed by atoms with Gasteiger partial charge in [-0.2, -0.15) is 0 Å². The summed E-state index contributed by atoms with van der Waals surface area (Å²) in [7, 11) is 0. The van der Waals surface area contributed by atoms with E-state index in [4.69, 9.17) is 9.47 Å². The van der Waals surface area contributed by atoms with Crippen molar-refractivity contribution in [1.82, 2.24) is 5.32 Å². The molecule has 0 bridgehead atoms. The highest BCUT2D eigenvalue weighted by atomic mass is 16.5. The summed E-state index contributed by atoms with van der Waals surface area (Å²) < 4.78 is 11.8. The molecule has 110 valence electrons. The highest BCUT2D eigenvalue weighted by Gasteiger charge is 2.18. The summed E-state index contributed by atoms with van der Waals surface area (Å²) in [5, 5.41) is 3.50. The van der Waals surface area contributed by atoms with Crippen molar-refractivity contribution in [3.8, 4) is 5.75 Å². The minimum absolute atomic E-state index is 0.401. The van der Waals surface area contributed by atoms with E-state index in [0.29, 0.717) is 12.2 Å². The summed E-state index contributed by atoms with van der Waals surface area (Å²) in [6.45, 7) is 2.73. The lowest BCUT2D eigenvalue weighted by molar-refractivity contribution is 0.110. The Bertz CT molecular complexity index is 409. The molecule has 2 aliphatic rings. The van der Waals surface area contributed by atoms with Gasteiger partial charge in [0, 0.05) is 25.3 Å². The molecular weight excluding hydrogens is 250 g/mol. The van der Waals surface area contributed by atoms with E-state index in [1.165, 1.54) is 44.1 Å². The lowest BCUT2D eigenvalue weighted by Gasteiger charge is -2.17. The summed E-state index contributed by atoms with van der Waals surface area (Å²) in [6, 6.07) is 8.41. The molecule has 3 rings (SSSR count). The SMILES string of the molecule is c1ccc(OC2CCCC2)c(CNC[C@@H]2CCCO2)c1. The van der Waals surface area contributed by atoms with Gasteiger partial charge in [-0.15, -0.1) is 0 Å². The first-order chi connectivity index (χ1) is 9.92. The minimum atomic E-state index is 0.401. The summed E-state index contributed by atoms with van der Waals surface area (Å²) in [4.78, 5) is 0. The normalized spacial score (nSPS) is 23.3. The van der Waals surface area contributed by atoms with Crippen LogP contribution in [-0.4, -0.2) is 25.4 Å². The van der Waals surface area contributed by atoms with Gasteiger partial charge in [0.2, 0.25) is 0 Å². The van der Waals surface area contributed by atoms with E-state index in [0.717, 1.165) is 25.4 Å². The van der Waals surface area contributed by atoms with Crippen molar-refractivity contribution < 1.29 is 9.47 Å². The van der Waals surface area contributed by atoms with Gasteiger partial charge in [0.05, 0.1) is 12.2 Å². The predicted molar refractivity (Wildman–Crippen MR) is 80.0 cm³/mol. The number of hydrogen-bond acceptors (Lipinski definition) is 3. The van der Waals surface area contributed by atoms with Crippen molar-refractivity contribution in [2.45, 2.75) is 57.3 Å². The van der Waals surface area contributed by atoms with Crippen LogP contribution in [0.15, 0.2) is 24.3 Å². The summed E-state index contributed by atoms with van der Waals surface area (Å²) in [5.74, 6) is 1.05. The molecule has 20 heavy (non-hydrogen) atoms. The van der Waals surface area contributed by atoms with Gasteiger partial charge in [-0.3, -0.25) is 0 Å². The van der Waals surface area contributed by atoms with E-state index in [2.05, 4.69) is 29.6 Å². The molecule has 3 heteroatoms. The fraction of sp³-hybridized carbons (Fsp3) is 0.647. The van der Waals surface area contributed by atoms with Gasteiger partial charge in [0.25, 0.3) is 0 Å². The van der Waals surface area contributed by atoms with E-state index >= 15 is 0 Å². The largest absolute Gasteiger partial charge is 0.490 e. The van der Waals surface area contributed by atoms with Gasteiger partial charge in [-0.25, -0.2) is 0 Å². The topological polar surface area (TPSA) is 30.5 Å². The van der Waals surface area contributed by atoms with Crippen molar-refractivity contribution >= 4 is 0 Å². The van der Waals surface area contributed by atoms with Crippen LogP contribution in [0.4, 0.5) is 0 Å². The van der Waals surface area contributed by atoms with Crippen LogP contribution in [0.2, 0.25) is 0 Å². The molecule has 0 radical (unpaired) electrons. The molecule has 0 unspecified atom stereocenters. The van der Waals surface area contributed by atoms with Crippen LogP contribution < -0.4 is 10.1 Å². The standard InChI is InChI=1S/C17H25NO2/c1-4-10-17(20-15-7-2-3-8-15)14(6-1)12-18-13-16-9-5-11-19-16/h1,4,6,10,15-16,18H,2-3,5,7-9,11-13H2/t16-/m0/s1. The summed E-state index contributed by atoms with van der Waals surface area (Å²) >= 11 is 0. The molecular formula is C17H25NO2. The number of ether oxygens (including phenoxy) is 2. The second-order valence-electron chi connectivity index (χ2n) is 5.90. The average Bonchev–Trinajstić information content (AvgIpc) is 3.14. The Kier molecular flexibility index (Phi) is 4.93. The quantitative estimate of drug-likeness (QED) is 0.864. The molecule has 3 nitrogen and oxygen atoms in total. The van der Waals surface area contributed by atoms with Gasteiger partial charge < -0.3 is 14.8 Å². The summed E-state index contributed by atoms with van der Waals surface area (Å²) in [5.41, 5.74) is 1.26. The maximum Gasteiger partial charge on any atom is 0.124 e. The molecule has 1 aromatic carbocycles. The van der Waals surface area contributed by atoms with Gasteiger partial charge >= 0.3 is 0 Å². The van der Waals surface area contributed by atoms with Crippen LogP contribution in [0, 0.1) is 0 Å². The Morgan fingerprint density at radius 2 is 1.95 bits per heavy atom. The highest BCUT2D eigenvalue weighted by molar-refractivity contribution is 5.33. The fourth-order valence-electron chi connectivity index (χ4n) is 3.12. The van der Waals surface area contributed by atoms with Crippen LogP contribution >= 0.6 is 0 Å². The van der Waals surface area contributed by atoms with Crippen molar-refractivity contribution in [3.05, 3.63) is 29.8 Å². The van der Waals surface area contributed by atoms with E-state index in [1.807, 2.05) is 0 Å². The molecule has 1 saturated carbocycles. The Hall–Kier alpha value is -1.06. The van der Waals surface area contributed by atoms with E-state index in [1.54, 1.807) is 0 Å².